The summed E-state index contributed by atoms with van der Waals surface area (Å²) in [7, 11) is 1.84. The van der Waals surface area contributed by atoms with Crippen molar-refractivity contribution in [2.75, 3.05) is 20.1 Å². The Morgan fingerprint density at radius 2 is 1.74 bits per heavy atom. The first-order chi connectivity index (χ1) is 18.3. The Morgan fingerprint density at radius 3 is 2.32 bits per heavy atom. The first-order valence-electron chi connectivity index (χ1n) is 15.4. The summed E-state index contributed by atoms with van der Waals surface area (Å²) >= 11 is 0. The third kappa shape index (κ3) is 11.8. The molecule has 2 aliphatic rings. The number of aliphatic carboxylic acids is 1. The molecule has 2 rings (SSSR count). The lowest BCUT2D eigenvalue weighted by atomic mass is 9.78. The van der Waals surface area contributed by atoms with Crippen LogP contribution in [0.15, 0.2) is 16.6 Å². The Morgan fingerprint density at radius 1 is 1.08 bits per heavy atom. The van der Waals surface area contributed by atoms with E-state index in [-0.39, 0.29) is 18.4 Å². The van der Waals surface area contributed by atoms with Gasteiger partial charge in [0, 0.05) is 18.7 Å². The number of aliphatic imine (C=N–C) groups is 1. The van der Waals surface area contributed by atoms with Crippen molar-refractivity contribution in [1.82, 2.24) is 5.32 Å². The molecule has 1 aliphatic heterocycles. The highest BCUT2D eigenvalue weighted by Gasteiger charge is 2.44. The molecule has 0 unspecified atom stereocenters. The molecule has 1 saturated carbocycles. The molecule has 1 fully saturated rings. The molecule has 5 N–H and O–H groups in total. The lowest BCUT2D eigenvalue weighted by Crippen LogP contribution is -2.44. The van der Waals surface area contributed by atoms with Crippen molar-refractivity contribution in [2.24, 2.45) is 22.7 Å². The maximum atomic E-state index is 12.0. The zero-order valence-corrected chi connectivity index (χ0v) is 24.1. The number of carboxylic acids is 1. The molecule has 0 saturated heterocycles. The van der Waals surface area contributed by atoms with Gasteiger partial charge >= 0.3 is 5.97 Å². The molecule has 1 heterocycles. The largest absolute Gasteiger partial charge is 0.481 e. The second-order valence-corrected chi connectivity index (χ2v) is 12.0. The Hall–Kier alpha value is -1.28. The fourth-order valence-corrected chi connectivity index (χ4v) is 6.47. The highest BCUT2D eigenvalue weighted by molar-refractivity contribution is 5.80. The lowest BCUT2D eigenvalue weighted by molar-refractivity contribution is -0.147. The Bertz CT molecular complexity index is 727. The van der Waals surface area contributed by atoms with Crippen molar-refractivity contribution in [2.45, 2.75) is 134 Å². The first kappa shape index (κ1) is 32.9. The molecular formula is C31H56N2O5. The Labute approximate surface area is 231 Å². The second kappa shape index (κ2) is 18.1. The number of carbonyl (C=O) groups is 1. The second-order valence-electron chi connectivity index (χ2n) is 12.0. The van der Waals surface area contributed by atoms with Gasteiger partial charge in [-0.2, -0.15) is 0 Å². The standard InChI is InChI=1S/C31H56N2O5/c1-3-4-5-6-9-12-27(34)13-10-7-8-11-14-28(30(36)37)29(35)20-26(23-32-2)31(38)17-15-24(21-31)19-25-16-18-33-22-25/h16,22,24,26-29,32,34-35,38H,3-15,17-21,23H2,1-2H3,(H,36,37)/t24-,26-,27-,28-,29+,31-/m0/s1. The summed E-state index contributed by atoms with van der Waals surface area (Å²) < 4.78 is 0. The molecule has 0 amide bonds. The maximum Gasteiger partial charge on any atom is 0.309 e. The minimum absolute atomic E-state index is 0.191. The minimum atomic E-state index is -0.979. The quantitative estimate of drug-likeness (QED) is 0.120. The summed E-state index contributed by atoms with van der Waals surface area (Å²) in [5.41, 5.74) is 0.359. The van der Waals surface area contributed by atoms with Gasteiger partial charge in [0.05, 0.1) is 30.3 Å². The Balaban J connectivity index is 1.73. The van der Waals surface area contributed by atoms with Gasteiger partial charge in [0.25, 0.3) is 0 Å². The van der Waals surface area contributed by atoms with Crippen molar-refractivity contribution < 1.29 is 25.2 Å². The van der Waals surface area contributed by atoms with E-state index in [4.69, 9.17) is 0 Å². The predicted molar refractivity (Wildman–Crippen MR) is 155 cm³/mol. The number of aliphatic hydroxyl groups excluding tert-OH is 2. The molecule has 0 aromatic heterocycles. The van der Waals surface area contributed by atoms with E-state index in [1.165, 1.54) is 31.3 Å². The summed E-state index contributed by atoms with van der Waals surface area (Å²) in [6, 6.07) is 0. The zero-order valence-electron chi connectivity index (χ0n) is 24.1. The topological polar surface area (TPSA) is 122 Å². The van der Waals surface area contributed by atoms with E-state index in [1.807, 2.05) is 13.3 Å². The fraction of sp³-hybridized carbons (Fsp3) is 0.871. The SMILES string of the molecule is CCCCCCC[C@H](O)CCCCCC[C@H](C(=O)O)[C@H](O)C[C@@H](CNC)[C@]1(O)CC[C@@H](CC2=CCN=C2)C1. The molecule has 0 aromatic rings. The van der Waals surface area contributed by atoms with Crippen molar-refractivity contribution in [3.8, 4) is 0 Å². The first-order valence-corrected chi connectivity index (χ1v) is 15.4. The molecule has 6 atom stereocenters. The molecule has 7 nitrogen and oxygen atoms in total. The van der Waals surface area contributed by atoms with Crippen LogP contribution in [0.5, 0.6) is 0 Å². The monoisotopic (exact) mass is 536 g/mol. The molecule has 7 heteroatoms. The van der Waals surface area contributed by atoms with Gasteiger partial charge in [0.1, 0.15) is 0 Å². The van der Waals surface area contributed by atoms with Crippen LogP contribution in [0.25, 0.3) is 0 Å². The van der Waals surface area contributed by atoms with Gasteiger partial charge < -0.3 is 25.7 Å². The van der Waals surface area contributed by atoms with Crippen LogP contribution in [0.4, 0.5) is 0 Å². The molecule has 0 aromatic carbocycles. The zero-order chi connectivity index (χ0) is 27.8. The number of hydrogen-bond donors (Lipinski definition) is 5. The third-order valence-corrected chi connectivity index (χ3v) is 8.83. The normalized spacial score (nSPS) is 24.3. The number of aliphatic hydroxyl groups is 3. The number of allylic oxidation sites excluding steroid dienone is 1. The summed E-state index contributed by atoms with van der Waals surface area (Å²) in [5.74, 6) is -1.57. The van der Waals surface area contributed by atoms with E-state index in [9.17, 15) is 25.2 Å². The smallest absolute Gasteiger partial charge is 0.309 e. The average Bonchev–Trinajstić information content (AvgIpc) is 3.53. The van der Waals surface area contributed by atoms with E-state index in [2.05, 4.69) is 23.3 Å². The van der Waals surface area contributed by atoms with Crippen LogP contribution in [-0.4, -0.2) is 70.6 Å². The molecule has 38 heavy (non-hydrogen) atoms. The van der Waals surface area contributed by atoms with Crippen molar-refractivity contribution in [1.29, 1.82) is 0 Å². The molecular weight excluding hydrogens is 480 g/mol. The van der Waals surface area contributed by atoms with Gasteiger partial charge in [-0.3, -0.25) is 9.79 Å². The number of hydrogen-bond acceptors (Lipinski definition) is 6. The van der Waals surface area contributed by atoms with Gasteiger partial charge in [-0.15, -0.1) is 0 Å². The van der Waals surface area contributed by atoms with Gasteiger partial charge in [-0.1, -0.05) is 70.8 Å². The molecule has 0 spiro atoms. The summed E-state index contributed by atoms with van der Waals surface area (Å²) in [6.45, 7) is 3.51. The van der Waals surface area contributed by atoms with Crippen molar-refractivity contribution in [3.63, 3.8) is 0 Å². The average molecular weight is 537 g/mol. The number of nitrogens with zero attached hydrogens (tertiary/aromatic N) is 1. The van der Waals surface area contributed by atoms with Crippen LogP contribution < -0.4 is 5.32 Å². The van der Waals surface area contributed by atoms with Crippen LogP contribution in [0.2, 0.25) is 0 Å². The summed E-state index contributed by atoms with van der Waals surface area (Å²) in [6.07, 6.45) is 18.2. The van der Waals surface area contributed by atoms with Crippen LogP contribution in [0.3, 0.4) is 0 Å². The number of unbranched alkanes of at least 4 members (excludes halogenated alkanes) is 7. The van der Waals surface area contributed by atoms with Crippen LogP contribution >= 0.6 is 0 Å². The highest BCUT2D eigenvalue weighted by Crippen LogP contribution is 2.44. The molecule has 0 radical (unpaired) electrons. The van der Waals surface area contributed by atoms with Gasteiger partial charge in [-0.25, -0.2) is 0 Å². The Kier molecular flexibility index (Phi) is 15.7. The van der Waals surface area contributed by atoms with Gasteiger partial charge in [-0.05, 0) is 69.9 Å². The van der Waals surface area contributed by atoms with E-state index >= 15 is 0 Å². The van der Waals surface area contributed by atoms with Crippen molar-refractivity contribution >= 4 is 12.2 Å². The van der Waals surface area contributed by atoms with Crippen LogP contribution in [0.1, 0.15) is 116 Å². The third-order valence-electron chi connectivity index (χ3n) is 8.83. The highest BCUT2D eigenvalue weighted by atomic mass is 16.4. The molecule has 0 bridgehead atoms. The van der Waals surface area contributed by atoms with Gasteiger partial charge in [0.15, 0.2) is 0 Å². The van der Waals surface area contributed by atoms with E-state index < -0.39 is 23.6 Å². The van der Waals surface area contributed by atoms with E-state index in [0.717, 1.165) is 64.3 Å². The van der Waals surface area contributed by atoms with Crippen LogP contribution in [-0.2, 0) is 4.79 Å². The van der Waals surface area contributed by atoms with E-state index in [0.29, 0.717) is 31.7 Å². The molecule has 220 valence electrons. The summed E-state index contributed by atoms with van der Waals surface area (Å²) in [5, 5.41) is 45.7. The van der Waals surface area contributed by atoms with Crippen molar-refractivity contribution in [3.05, 3.63) is 11.6 Å². The number of nitrogens with one attached hydrogen (secondary N) is 1. The predicted octanol–water partition coefficient (Wildman–Crippen LogP) is 5.27. The minimum Gasteiger partial charge on any atom is -0.481 e. The fourth-order valence-electron chi connectivity index (χ4n) is 6.47. The number of rotatable bonds is 22. The van der Waals surface area contributed by atoms with Gasteiger partial charge in [0.2, 0.25) is 0 Å². The van der Waals surface area contributed by atoms with Crippen LogP contribution in [0, 0.1) is 17.8 Å². The van der Waals surface area contributed by atoms with E-state index in [1.54, 1.807) is 0 Å². The number of carboxylic acid groups (broad SMARTS) is 1. The molecule has 1 aliphatic carbocycles. The summed E-state index contributed by atoms with van der Waals surface area (Å²) in [4.78, 5) is 16.3. The maximum absolute atomic E-state index is 12.0. The lowest BCUT2D eigenvalue weighted by Gasteiger charge is -2.35.